The first kappa shape index (κ1) is 15.8. The third-order valence-electron chi connectivity index (χ3n) is 3.71. The number of carboxylic acids is 1. The largest absolute Gasteiger partial charge is 0.480 e. The molecule has 2 heterocycles. The molecule has 1 saturated heterocycles. The maximum atomic E-state index is 12.3. The molecular weight excluding hydrogens is 292 g/mol. The van der Waals surface area contributed by atoms with Crippen molar-refractivity contribution in [2.75, 3.05) is 6.54 Å². The number of β-amino-alcohol motifs (C(OH)–C–C–N with tert-alkyl or cyclic N) is 1. The Hall–Kier alpha value is -1.60. The summed E-state index contributed by atoms with van der Waals surface area (Å²) in [6.45, 7) is 5.92. The van der Waals surface area contributed by atoms with Crippen molar-refractivity contribution >= 4 is 23.3 Å². The Balaban J connectivity index is 2.07. The Morgan fingerprint density at radius 2 is 2.14 bits per heavy atom. The number of nitrogens with zero attached hydrogens (tertiary/aromatic N) is 1. The van der Waals surface area contributed by atoms with E-state index in [0.717, 1.165) is 10.4 Å². The molecule has 21 heavy (non-hydrogen) atoms. The van der Waals surface area contributed by atoms with Crippen molar-refractivity contribution in [1.82, 2.24) is 10.2 Å². The van der Waals surface area contributed by atoms with Gasteiger partial charge in [0.05, 0.1) is 12.1 Å². The van der Waals surface area contributed by atoms with Crippen LogP contribution in [0.1, 0.15) is 34.7 Å². The summed E-state index contributed by atoms with van der Waals surface area (Å²) in [5.74, 6) is -1.09. The summed E-state index contributed by atoms with van der Waals surface area (Å²) in [4.78, 5) is 26.9. The zero-order valence-corrected chi connectivity index (χ0v) is 13.1. The first-order chi connectivity index (χ1) is 9.79. The molecule has 0 spiro atoms. The van der Waals surface area contributed by atoms with Crippen molar-refractivity contribution in [3.8, 4) is 0 Å². The minimum atomic E-state index is -1.09. The predicted octanol–water partition coefficient (Wildman–Crippen LogP) is 1.66. The van der Waals surface area contributed by atoms with Gasteiger partial charge in [-0.3, -0.25) is 0 Å². The lowest BCUT2D eigenvalue weighted by molar-refractivity contribution is -0.141. The molecule has 0 radical (unpaired) electrons. The van der Waals surface area contributed by atoms with Gasteiger partial charge >= 0.3 is 12.0 Å². The van der Waals surface area contributed by atoms with Gasteiger partial charge in [0.1, 0.15) is 6.04 Å². The van der Waals surface area contributed by atoms with Crippen LogP contribution in [-0.2, 0) is 4.79 Å². The summed E-state index contributed by atoms with van der Waals surface area (Å²) in [6, 6.07) is 0.417. The normalized spacial score (nSPS) is 23.1. The van der Waals surface area contributed by atoms with Gasteiger partial charge in [0, 0.05) is 22.7 Å². The monoisotopic (exact) mass is 312 g/mol. The Labute approximate surface area is 127 Å². The number of carboxylic acid groups (broad SMARTS) is 1. The summed E-state index contributed by atoms with van der Waals surface area (Å²) in [6.07, 6.45) is -0.703. The second-order valence-electron chi connectivity index (χ2n) is 5.44. The van der Waals surface area contributed by atoms with Crippen LogP contribution < -0.4 is 5.32 Å². The average molecular weight is 312 g/mol. The second-order valence-corrected chi connectivity index (χ2v) is 6.90. The molecule has 0 aromatic carbocycles. The third kappa shape index (κ3) is 3.36. The number of thiophene rings is 1. The van der Waals surface area contributed by atoms with Gasteiger partial charge in [0.2, 0.25) is 0 Å². The number of aryl methyl sites for hydroxylation is 2. The van der Waals surface area contributed by atoms with Crippen molar-refractivity contribution in [2.45, 2.75) is 45.4 Å². The van der Waals surface area contributed by atoms with Crippen LogP contribution in [0.15, 0.2) is 6.07 Å². The van der Waals surface area contributed by atoms with Crippen molar-refractivity contribution in [1.29, 1.82) is 0 Å². The number of hydrogen-bond donors (Lipinski definition) is 3. The van der Waals surface area contributed by atoms with Crippen LogP contribution >= 0.6 is 11.3 Å². The van der Waals surface area contributed by atoms with Gasteiger partial charge in [0.25, 0.3) is 0 Å². The number of aliphatic hydroxyl groups excluding tert-OH is 1. The van der Waals surface area contributed by atoms with Gasteiger partial charge < -0.3 is 20.4 Å². The van der Waals surface area contributed by atoms with Crippen LogP contribution in [0.4, 0.5) is 4.79 Å². The number of amides is 2. The zero-order chi connectivity index (χ0) is 15.7. The van der Waals surface area contributed by atoms with Crippen molar-refractivity contribution in [3.63, 3.8) is 0 Å². The Kier molecular flexibility index (Phi) is 4.53. The number of rotatable bonds is 3. The third-order valence-corrected chi connectivity index (χ3v) is 4.69. The molecule has 3 atom stereocenters. The molecule has 1 aliphatic heterocycles. The van der Waals surface area contributed by atoms with Crippen LogP contribution in [0.5, 0.6) is 0 Å². The smallest absolute Gasteiger partial charge is 0.326 e. The minimum absolute atomic E-state index is 0.0527. The lowest BCUT2D eigenvalue weighted by Gasteiger charge is -2.24. The Morgan fingerprint density at radius 1 is 1.48 bits per heavy atom. The molecule has 2 rings (SSSR count). The first-order valence-electron chi connectivity index (χ1n) is 6.84. The lowest BCUT2D eigenvalue weighted by Crippen LogP contribution is -2.46. The van der Waals surface area contributed by atoms with E-state index in [1.165, 1.54) is 9.78 Å². The Morgan fingerprint density at radius 3 is 2.67 bits per heavy atom. The standard InChI is InChI=1S/C14H20N2O4S/c1-7-4-11(9(3)21-7)8(2)15-14(20)16-6-10(17)5-12(16)13(18)19/h4,8,10,12,17H,5-6H2,1-3H3,(H,15,20)(H,18,19). The molecule has 2 amide bonds. The van der Waals surface area contributed by atoms with Crippen LogP contribution in [-0.4, -0.2) is 45.8 Å². The molecule has 0 bridgehead atoms. The summed E-state index contributed by atoms with van der Waals surface area (Å²) in [5, 5.41) is 21.5. The van der Waals surface area contributed by atoms with E-state index >= 15 is 0 Å². The summed E-state index contributed by atoms with van der Waals surface area (Å²) < 4.78 is 0. The van der Waals surface area contributed by atoms with Gasteiger partial charge in [-0.05, 0) is 32.4 Å². The molecule has 1 aliphatic rings. The highest BCUT2D eigenvalue weighted by molar-refractivity contribution is 7.12. The number of carbonyl (C=O) groups is 2. The van der Waals surface area contributed by atoms with Crippen LogP contribution in [0.25, 0.3) is 0 Å². The minimum Gasteiger partial charge on any atom is -0.480 e. The van der Waals surface area contributed by atoms with E-state index in [0.29, 0.717) is 0 Å². The van der Waals surface area contributed by atoms with Crippen molar-refractivity contribution in [2.24, 2.45) is 0 Å². The van der Waals surface area contributed by atoms with Crippen molar-refractivity contribution < 1.29 is 19.8 Å². The number of urea groups is 1. The molecule has 1 aromatic rings. The maximum Gasteiger partial charge on any atom is 0.326 e. The average Bonchev–Trinajstić information content (AvgIpc) is 2.92. The van der Waals surface area contributed by atoms with Crippen molar-refractivity contribution in [3.05, 3.63) is 21.4 Å². The molecule has 3 unspecified atom stereocenters. The van der Waals surface area contributed by atoms with E-state index in [1.54, 1.807) is 11.3 Å². The van der Waals surface area contributed by atoms with Gasteiger partial charge in [0.15, 0.2) is 0 Å². The maximum absolute atomic E-state index is 12.3. The molecule has 0 aliphatic carbocycles. The molecule has 7 heteroatoms. The number of likely N-dealkylation sites (tertiary alicyclic amines) is 1. The molecule has 3 N–H and O–H groups in total. The lowest BCUT2D eigenvalue weighted by atomic mass is 10.1. The molecule has 0 saturated carbocycles. The molecule has 6 nitrogen and oxygen atoms in total. The topological polar surface area (TPSA) is 89.9 Å². The van der Waals surface area contributed by atoms with Crippen LogP contribution in [0.2, 0.25) is 0 Å². The zero-order valence-electron chi connectivity index (χ0n) is 12.3. The van der Waals surface area contributed by atoms with E-state index in [2.05, 4.69) is 5.32 Å². The fraction of sp³-hybridized carbons (Fsp3) is 0.571. The fourth-order valence-corrected chi connectivity index (χ4v) is 3.72. The summed E-state index contributed by atoms with van der Waals surface area (Å²) >= 11 is 1.66. The Bertz CT molecular complexity index is 557. The predicted molar refractivity (Wildman–Crippen MR) is 79.5 cm³/mol. The molecular formula is C14H20N2O4S. The van der Waals surface area contributed by atoms with E-state index in [4.69, 9.17) is 5.11 Å². The van der Waals surface area contributed by atoms with Gasteiger partial charge in [-0.1, -0.05) is 0 Å². The van der Waals surface area contributed by atoms with Gasteiger partial charge in [-0.2, -0.15) is 0 Å². The summed E-state index contributed by atoms with van der Waals surface area (Å²) in [5.41, 5.74) is 1.04. The number of aliphatic hydroxyl groups is 1. The highest BCUT2D eigenvalue weighted by atomic mass is 32.1. The highest BCUT2D eigenvalue weighted by Crippen LogP contribution is 2.27. The number of carbonyl (C=O) groups excluding carboxylic acids is 1. The van der Waals surface area contributed by atoms with Gasteiger partial charge in [-0.25, -0.2) is 9.59 Å². The number of aliphatic carboxylic acids is 1. The van der Waals surface area contributed by atoms with E-state index in [-0.39, 0.29) is 19.0 Å². The van der Waals surface area contributed by atoms with Crippen LogP contribution in [0, 0.1) is 13.8 Å². The fourth-order valence-electron chi connectivity index (χ4n) is 2.70. The van der Waals surface area contributed by atoms with E-state index < -0.39 is 24.1 Å². The quantitative estimate of drug-likeness (QED) is 0.792. The van der Waals surface area contributed by atoms with E-state index in [9.17, 15) is 14.7 Å². The SMILES string of the molecule is Cc1cc(C(C)NC(=O)N2CC(O)CC2C(=O)O)c(C)s1. The van der Waals surface area contributed by atoms with E-state index in [1.807, 2.05) is 26.8 Å². The van der Waals surface area contributed by atoms with Crippen LogP contribution in [0.3, 0.4) is 0 Å². The van der Waals surface area contributed by atoms with Gasteiger partial charge in [-0.15, -0.1) is 11.3 Å². The first-order valence-corrected chi connectivity index (χ1v) is 7.66. The molecule has 116 valence electrons. The second kappa shape index (κ2) is 6.03. The highest BCUT2D eigenvalue weighted by Gasteiger charge is 2.39. The molecule has 1 aromatic heterocycles. The summed E-state index contributed by atoms with van der Waals surface area (Å²) in [7, 11) is 0. The molecule has 1 fully saturated rings. The number of hydrogen-bond acceptors (Lipinski definition) is 4. The number of nitrogens with one attached hydrogen (secondary N) is 1.